The van der Waals surface area contributed by atoms with Crippen LogP contribution in [-0.4, -0.2) is 34.7 Å². The van der Waals surface area contributed by atoms with Crippen molar-refractivity contribution in [2.24, 2.45) is 0 Å². The summed E-state index contributed by atoms with van der Waals surface area (Å²) >= 11 is 0. The number of aromatic amines is 1. The Bertz CT molecular complexity index is 621. The molecular formula is C17H22N2O. The molecule has 106 valence electrons. The van der Waals surface area contributed by atoms with E-state index in [4.69, 9.17) is 5.11 Å². The van der Waals surface area contributed by atoms with Crippen LogP contribution in [0, 0.1) is 6.92 Å². The Hall–Kier alpha value is -1.74. The lowest BCUT2D eigenvalue weighted by Crippen LogP contribution is -2.33. The molecule has 1 aliphatic rings. The number of aliphatic hydroxyl groups is 1. The van der Waals surface area contributed by atoms with Crippen LogP contribution in [0.5, 0.6) is 0 Å². The van der Waals surface area contributed by atoms with Crippen LogP contribution in [0.1, 0.15) is 29.9 Å². The molecule has 1 fully saturated rings. The van der Waals surface area contributed by atoms with Crippen molar-refractivity contribution in [3.8, 4) is 0 Å². The number of hydrogen-bond donors (Lipinski definition) is 2. The summed E-state index contributed by atoms with van der Waals surface area (Å²) in [6.45, 7) is 8.08. The summed E-state index contributed by atoms with van der Waals surface area (Å²) in [6.07, 6.45) is 4.42. The average Bonchev–Trinajstić information content (AvgIpc) is 2.89. The van der Waals surface area contributed by atoms with Gasteiger partial charge in [0, 0.05) is 35.9 Å². The Kier molecular flexibility index (Phi) is 3.53. The van der Waals surface area contributed by atoms with Crippen LogP contribution in [0.2, 0.25) is 0 Å². The largest absolute Gasteiger partial charge is 0.390 e. The average molecular weight is 270 g/mol. The minimum Gasteiger partial charge on any atom is -0.390 e. The monoisotopic (exact) mass is 270 g/mol. The number of likely N-dealkylation sites (tertiary alicyclic amines) is 1. The molecule has 1 saturated heterocycles. The van der Waals surface area contributed by atoms with Crippen LogP contribution < -0.4 is 0 Å². The first-order valence-electron chi connectivity index (χ1n) is 7.30. The van der Waals surface area contributed by atoms with Crippen molar-refractivity contribution >= 4 is 10.9 Å². The number of aliphatic hydroxyl groups excluding tert-OH is 1. The smallest absolute Gasteiger partial charge is 0.0823 e. The van der Waals surface area contributed by atoms with Crippen molar-refractivity contribution < 1.29 is 5.11 Å². The van der Waals surface area contributed by atoms with Crippen LogP contribution in [0.3, 0.4) is 0 Å². The van der Waals surface area contributed by atoms with Crippen molar-refractivity contribution in [1.29, 1.82) is 0 Å². The van der Waals surface area contributed by atoms with E-state index in [1.54, 1.807) is 0 Å². The number of rotatable bonds is 3. The van der Waals surface area contributed by atoms with Crippen molar-refractivity contribution in [3.05, 3.63) is 47.8 Å². The number of aryl methyl sites for hydroxylation is 1. The molecule has 3 nitrogen and oxygen atoms in total. The van der Waals surface area contributed by atoms with Gasteiger partial charge in [-0.05, 0) is 42.9 Å². The molecule has 1 aromatic heterocycles. The summed E-state index contributed by atoms with van der Waals surface area (Å²) in [4.78, 5) is 5.60. The Morgan fingerprint density at radius 3 is 2.85 bits per heavy atom. The molecule has 1 aromatic carbocycles. The molecule has 3 heteroatoms. The molecule has 2 aromatic rings. The molecule has 20 heavy (non-hydrogen) atoms. The first-order valence-corrected chi connectivity index (χ1v) is 7.30. The Labute approximate surface area is 119 Å². The maximum absolute atomic E-state index is 9.16. The summed E-state index contributed by atoms with van der Waals surface area (Å²) < 4.78 is 0. The van der Waals surface area contributed by atoms with Gasteiger partial charge in [-0.3, -0.25) is 0 Å². The lowest BCUT2D eigenvalue weighted by Gasteiger charge is -2.34. The van der Waals surface area contributed by atoms with E-state index in [1.165, 1.54) is 22.0 Å². The van der Waals surface area contributed by atoms with Gasteiger partial charge >= 0.3 is 0 Å². The van der Waals surface area contributed by atoms with E-state index in [0.717, 1.165) is 31.6 Å². The molecule has 0 aliphatic carbocycles. The molecule has 0 unspecified atom stereocenters. The second kappa shape index (κ2) is 5.33. The first-order chi connectivity index (χ1) is 9.69. The number of H-pyrrole nitrogens is 1. The van der Waals surface area contributed by atoms with Crippen LogP contribution in [-0.2, 0) is 0 Å². The minimum atomic E-state index is 0.0665. The molecule has 0 radical (unpaired) electrons. The van der Waals surface area contributed by atoms with Gasteiger partial charge < -0.3 is 15.0 Å². The lowest BCUT2D eigenvalue weighted by molar-refractivity contribution is 0.216. The number of nitrogens with zero attached hydrogens (tertiary/aromatic N) is 1. The normalized spacial score (nSPS) is 16.8. The number of fused-ring (bicyclic) bond motifs is 1. The predicted octanol–water partition coefficient (Wildman–Crippen LogP) is 3.16. The van der Waals surface area contributed by atoms with Gasteiger partial charge in [-0.1, -0.05) is 18.7 Å². The highest BCUT2D eigenvalue weighted by molar-refractivity contribution is 5.84. The molecule has 0 saturated carbocycles. The molecule has 2 heterocycles. The molecule has 1 aliphatic heterocycles. The fourth-order valence-electron chi connectivity index (χ4n) is 3.21. The van der Waals surface area contributed by atoms with E-state index in [9.17, 15) is 0 Å². The van der Waals surface area contributed by atoms with Gasteiger partial charge in [-0.25, -0.2) is 0 Å². The summed E-state index contributed by atoms with van der Waals surface area (Å²) in [5, 5.41) is 10.5. The fourth-order valence-corrected chi connectivity index (χ4v) is 3.21. The number of hydrogen-bond acceptors (Lipinski definition) is 2. The molecule has 0 spiro atoms. The number of nitrogens with one attached hydrogen (secondary N) is 1. The third-order valence-corrected chi connectivity index (χ3v) is 4.43. The molecule has 3 rings (SSSR count). The topological polar surface area (TPSA) is 39.3 Å². The highest BCUT2D eigenvalue weighted by Gasteiger charge is 2.23. The summed E-state index contributed by atoms with van der Waals surface area (Å²) in [7, 11) is 0. The quantitative estimate of drug-likeness (QED) is 0.899. The highest BCUT2D eigenvalue weighted by atomic mass is 16.3. The Morgan fingerprint density at radius 1 is 1.40 bits per heavy atom. The summed E-state index contributed by atoms with van der Waals surface area (Å²) in [6, 6.07) is 6.62. The van der Waals surface area contributed by atoms with E-state index in [1.807, 2.05) is 0 Å². The number of aromatic nitrogens is 1. The van der Waals surface area contributed by atoms with Gasteiger partial charge in [0.15, 0.2) is 0 Å². The van der Waals surface area contributed by atoms with Gasteiger partial charge in [0.2, 0.25) is 0 Å². The molecule has 2 N–H and O–H groups in total. The van der Waals surface area contributed by atoms with Crippen molar-refractivity contribution in [1.82, 2.24) is 9.88 Å². The maximum atomic E-state index is 9.16. The van der Waals surface area contributed by atoms with Gasteiger partial charge in [0.05, 0.1) is 6.61 Å². The fraction of sp³-hybridized carbons (Fsp3) is 0.412. The Balaban J connectivity index is 1.78. The molecule has 0 amide bonds. The van der Waals surface area contributed by atoms with Gasteiger partial charge in [-0.15, -0.1) is 0 Å². The van der Waals surface area contributed by atoms with Crippen molar-refractivity contribution in [3.63, 3.8) is 0 Å². The molecule has 0 bridgehead atoms. The van der Waals surface area contributed by atoms with Crippen molar-refractivity contribution in [2.75, 3.05) is 19.7 Å². The second-order valence-corrected chi connectivity index (χ2v) is 5.78. The lowest BCUT2D eigenvalue weighted by atomic mass is 9.89. The van der Waals surface area contributed by atoms with Crippen LogP contribution >= 0.6 is 0 Å². The van der Waals surface area contributed by atoms with E-state index in [2.05, 4.69) is 47.8 Å². The van der Waals surface area contributed by atoms with Gasteiger partial charge in [0.25, 0.3) is 0 Å². The maximum Gasteiger partial charge on any atom is 0.0823 e. The third-order valence-electron chi connectivity index (χ3n) is 4.43. The molecule has 0 atom stereocenters. The van der Waals surface area contributed by atoms with E-state index in [-0.39, 0.29) is 6.61 Å². The van der Waals surface area contributed by atoms with Gasteiger partial charge in [0.1, 0.15) is 0 Å². The number of piperidine rings is 1. The zero-order valence-electron chi connectivity index (χ0n) is 12.0. The highest BCUT2D eigenvalue weighted by Crippen LogP contribution is 2.34. The zero-order valence-corrected chi connectivity index (χ0v) is 12.0. The van der Waals surface area contributed by atoms with E-state index >= 15 is 0 Å². The van der Waals surface area contributed by atoms with Crippen LogP contribution in [0.15, 0.2) is 36.7 Å². The number of benzene rings is 1. The predicted molar refractivity (Wildman–Crippen MR) is 82.8 cm³/mol. The van der Waals surface area contributed by atoms with Gasteiger partial charge in [-0.2, -0.15) is 0 Å². The van der Waals surface area contributed by atoms with E-state index in [0.29, 0.717) is 5.92 Å². The zero-order chi connectivity index (χ0) is 14.1. The summed E-state index contributed by atoms with van der Waals surface area (Å²) in [5.74, 6) is 0.606. The third kappa shape index (κ3) is 2.34. The molecular weight excluding hydrogens is 248 g/mol. The second-order valence-electron chi connectivity index (χ2n) is 5.78. The standard InChI is InChI=1S/C17H22N2O/c1-12-3-4-15-16(10-18-17(15)9-12)14-5-7-19(8-6-14)13(2)11-20/h3-4,9-10,14,18,20H,2,5-8,11H2,1H3. The SMILES string of the molecule is C=C(CO)N1CCC(c2c[nH]c3cc(C)ccc23)CC1. The van der Waals surface area contributed by atoms with E-state index < -0.39 is 0 Å². The summed E-state index contributed by atoms with van der Waals surface area (Å²) in [5.41, 5.74) is 4.81. The van der Waals surface area contributed by atoms with Crippen LogP contribution in [0.4, 0.5) is 0 Å². The first kappa shape index (κ1) is 13.3. The Morgan fingerprint density at radius 2 is 2.15 bits per heavy atom. The van der Waals surface area contributed by atoms with Crippen molar-refractivity contribution in [2.45, 2.75) is 25.7 Å². The van der Waals surface area contributed by atoms with Crippen LogP contribution in [0.25, 0.3) is 10.9 Å². The minimum absolute atomic E-state index is 0.0665.